The van der Waals surface area contributed by atoms with Crippen LogP contribution in [0.1, 0.15) is 39.0 Å². The number of aryl methyl sites for hydroxylation is 1. The summed E-state index contributed by atoms with van der Waals surface area (Å²) in [6, 6.07) is 2.55. The summed E-state index contributed by atoms with van der Waals surface area (Å²) in [5, 5.41) is 6.50. The number of rotatable bonds is 6. The molecule has 0 aliphatic heterocycles. The van der Waals surface area contributed by atoms with Crippen molar-refractivity contribution < 1.29 is 0 Å². The van der Waals surface area contributed by atoms with Crippen molar-refractivity contribution in [3.05, 3.63) is 21.3 Å². The molecule has 1 aromatic rings. The summed E-state index contributed by atoms with van der Waals surface area (Å²) in [5.74, 6) is 0. The molecule has 0 unspecified atom stereocenters. The summed E-state index contributed by atoms with van der Waals surface area (Å²) in [7, 11) is 0. The molecule has 0 amide bonds. The molecule has 1 N–H and O–H groups in total. The Morgan fingerprint density at radius 1 is 1.44 bits per heavy atom. The van der Waals surface area contributed by atoms with Crippen LogP contribution in [0.15, 0.2) is 11.4 Å². The summed E-state index contributed by atoms with van der Waals surface area (Å²) in [4.78, 5) is 1.32. The van der Waals surface area contributed by atoms with Crippen LogP contribution < -0.4 is 5.32 Å². The summed E-state index contributed by atoms with van der Waals surface area (Å²) in [5.41, 5.74) is 0.331. The smallest absolute Gasteiger partial charge is 0.0544 e. The summed E-state index contributed by atoms with van der Waals surface area (Å²) in [6.07, 6.45) is 2.26. The zero-order chi connectivity index (χ0) is 12.2. The van der Waals surface area contributed by atoms with Gasteiger partial charge in [-0.2, -0.15) is 0 Å². The minimum Gasteiger partial charge on any atom is -0.314 e. The second-order valence-corrected chi connectivity index (χ2v) is 6.80. The van der Waals surface area contributed by atoms with Crippen LogP contribution in [0.3, 0.4) is 0 Å². The molecule has 0 radical (unpaired) electrons. The van der Waals surface area contributed by atoms with E-state index >= 15 is 0 Å². The maximum absolute atomic E-state index is 6.09. The molecule has 0 saturated heterocycles. The monoisotopic (exact) mass is 259 g/mol. The minimum absolute atomic E-state index is 0.331. The van der Waals surface area contributed by atoms with Crippen molar-refractivity contribution in [2.24, 2.45) is 5.41 Å². The first-order valence-electron chi connectivity index (χ1n) is 5.86. The Kier molecular flexibility index (Phi) is 5.29. The zero-order valence-electron chi connectivity index (χ0n) is 10.6. The number of thiophene rings is 1. The van der Waals surface area contributed by atoms with E-state index in [9.17, 15) is 0 Å². The van der Waals surface area contributed by atoms with E-state index in [0.717, 1.165) is 18.0 Å². The summed E-state index contributed by atoms with van der Waals surface area (Å²) >= 11 is 7.85. The van der Waals surface area contributed by atoms with Crippen LogP contribution in [0.4, 0.5) is 0 Å². The molecule has 1 heterocycles. The van der Waals surface area contributed by atoms with Crippen molar-refractivity contribution in [2.45, 2.75) is 46.6 Å². The molecule has 92 valence electrons. The molecule has 0 aromatic carbocycles. The molecule has 0 bridgehead atoms. The van der Waals surface area contributed by atoms with E-state index < -0.39 is 0 Å². The third kappa shape index (κ3) is 4.86. The van der Waals surface area contributed by atoms with Gasteiger partial charge in [0.05, 0.1) is 5.02 Å². The lowest BCUT2D eigenvalue weighted by Gasteiger charge is -2.26. The number of nitrogens with one attached hydrogen (secondary N) is 1. The van der Waals surface area contributed by atoms with Crippen LogP contribution in [0.5, 0.6) is 0 Å². The molecule has 0 aliphatic rings. The third-order valence-electron chi connectivity index (χ3n) is 2.71. The molecule has 16 heavy (non-hydrogen) atoms. The highest BCUT2D eigenvalue weighted by atomic mass is 35.5. The van der Waals surface area contributed by atoms with E-state index in [1.807, 2.05) is 6.07 Å². The van der Waals surface area contributed by atoms with Gasteiger partial charge in [-0.1, -0.05) is 39.3 Å². The lowest BCUT2D eigenvalue weighted by molar-refractivity contribution is 0.305. The van der Waals surface area contributed by atoms with Crippen LogP contribution in [0.25, 0.3) is 0 Å². The first kappa shape index (κ1) is 14.0. The predicted molar refractivity (Wildman–Crippen MR) is 74.6 cm³/mol. The second kappa shape index (κ2) is 6.04. The molecular weight excluding hydrogens is 238 g/mol. The highest BCUT2D eigenvalue weighted by Crippen LogP contribution is 2.28. The number of hydrogen-bond donors (Lipinski definition) is 1. The number of halogens is 1. The molecule has 0 atom stereocenters. The van der Waals surface area contributed by atoms with Crippen LogP contribution in [-0.4, -0.2) is 12.6 Å². The Balaban J connectivity index is 2.38. The fourth-order valence-corrected chi connectivity index (χ4v) is 2.66. The van der Waals surface area contributed by atoms with E-state index in [1.165, 1.54) is 11.3 Å². The van der Waals surface area contributed by atoms with Crippen molar-refractivity contribution in [1.82, 2.24) is 5.32 Å². The minimum atomic E-state index is 0.331. The largest absolute Gasteiger partial charge is 0.314 e. The lowest BCUT2D eigenvalue weighted by atomic mass is 9.87. The van der Waals surface area contributed by atoms with Crippen LogP contribution >= 0.6 is 22.9 Å². The van der Waals surface area contributed by atoms with Gasteiger partial charge < -0.3 is 5.32 Å². The van der Waals surface area contributed by atoms with Gasteiger partial charge in [0, 0.05) is 17.5 Å². The highest BCUT2D eigenvalue weighted by molar-refractivity contribution is 7.10. The molecule has 0 saturated carbocycles. The molecule has 0 spiro atoms. The average Bonchev–Trinajstić information content (AvgIpc) is 2.59. The van der Waals surface area contributed by atoms with Gasteiger partial charge in [-0.05, 0) is 29.7 Å². The van der Waals surface area contributed by atoms with Gasteiger partial charge in [-0.3, -0.25) is 0 Å². The van der Waals surface area contributed by atoms with E-state index in [4.69, 9.17) is 11.6 Å². The predicted octanol–water partition coefficient (Wildman–Crippen LogP) is 4.36. The van der Waals surface area contributed by atoms with Crippen molar-refractivity contribution in [3.8, 4) is 0 Å². The fourth-order valence-electron chi connectivity index (χ4n) is 1.52. The van der Waals surface area contributed by atoms with Gasteiger partial charge in [0.1, 0.15) is 0 Å². The molecule has 1 rings (SSSR count). The van der Waals surface area contributed by atoms with Gasteiger partial charge in [0.25, 0.3) is 0 Å². The molecule has 0 fully saturated rings. The molecule has 1 nitrogen and oxygen atoms in total. The topological polar surface area (TPSA) is 12.0 Å². The van der Waals surface area contributed by atoms with Crippen LogP contribution in [-0.2, 0) is 6.42 Å². The van der Waals surface area contributed by atoms with Crippen molar-refractivity contribution in [1.29, 1.82) is 0 Å². The third-order valence-corrected chi connectivity index (χ3v) is 4.16. The van der Waals surface area contributed by atoms with Gasteiger partial charge in [0.2, 0.25) is 0 Å². The molecule has 3 heteroatoms. The van der Waals surface area contributed by atoms with Gasteiger partial charge >= 0.3 is 0 Å². The zero-order valence-corrected chi connectivity index (χ0v) is 12.2. The Labute approximate surface area is 108 Å². The van der Waals surface area contributed by atoms with Crippen molar-refractivity contribution in [2.75, 3.05) is 6.54 Å². The Bertz CT molecular complexity index is 317. The van der Waals surface area contributed by atoms with Crippen LogP contribution in [0, 0.1) is 5.41 Å². The fraction of sp³-hybridized carbons (Fsp3) is 0.692. The van der Waals surface area contributed by atoms with E-state index in [2.05, 4.69) is 38.4 Å². The standard InChI is InChI=1S/C13H22ClNS/c1-10(2)15-9-13(3,4)7-5-12-11(14)6-8-16-12/h6,8,10,15H,5,7,9H2,1-4H3. The lowest BCUT2D eigenvalue weighted by Crippen LogP contribution is -2.34. The quantitative estimate of drug-likeness (QED) is 0.801. The normalized spacial score (nSPS) is 12.4. The first-order valence-corrected chi connectivity index (χ1v) is 7.12. The SMILES string of the molecule is CC(C)NCC(C)(C)CCc1sccc1Cl. The Morgan fingerprint density at radius 3 is 2.62 bits per heavy atom. The first-order chi connectivity index (χ1) is 7.41. The van der Waals surface area contributed by atoms with Gasteiger partial charge in [0.15, 0.2) is 0 Å². The van der Waals surface area contributed by atoms with E-state index in [1.54, 1.807) is 11.3 Å². The van der Waals surface area contributed by atoms with Crippen molar-refractivity contribution in [3.63, 3.8) is 0 Å². The van der Waals surface area contributed by atoms with Crippen molar-refractivity contribution >= 4 is 22.9 Å². The molecular formula is C13H22ClNS. The number of hydrogen-bond acceptors (Lipinski definition) is 2. The Morgan fingerprint density at radius 2 is 2.12 bits per heavy atom. The summed E-state index contributed by atoms with van der Waals surface area (Å²) in [6.45, 7) is 10.1. The van der Waals surface area contributed by atoms with E-state index in [0.29, 0.717) is 11.5 Å². The highest BCUT2D eigenvalue weighted by Gasteiger charge is 2.18. The van der Waals surface area contributed by atoms with Crippen LogP contribution in [0.2, 0.25) is 5.02 Å². The molecule has 1 aromatic heterocycles. The maximum Gasteiger partial charge on any atom is 0.0544 e. The Hall–Kier alpha value is -0.0500. The van der Waals surface area contributed by atoms with E-state index in [-0.39, 0.29) is 0 Å². The maximum atomic E-state index is 6.09. The average molecular weight is 260 g/mol. The van der Waals surface area contributed by atoms with Gasteiger partial charge in [-0.25, -0.2) is 0 Å². The summed E-state index contributed by atoms with van der Waals surface area (Å²) < 4.78 is 0. The second-order valence-electron chi connectivity index (χ2n) is 5.39. The molecule has 0 aliphatic carbocycles. The van der Waals surface area contributed by atoms with Gasteiger partial charge in [-0.15, -0.1) is 11.3 Å².